The van der Waals surface area contributed by atoms with Crippen molar-refractivity contribution in [3.63, 3.8) is 0 Å². The normalized spacial score (nSPS) is 13.8. The fourth-order valence-electron chi connectivity index (χ4n) is 2.51. The first-order valence-corrected chi connectivity index (χ1v) is 6.29. The highest BCUT2D eigenvalue weighted by Gasteiger charge is 2.19. The Morgan fingerprint density at radius 3 is 3.00 bits per heavy atom. The molecule has 18 heavy (non-hydrogen) atoms. The van der Waals surface area contributed by atoms with Crippen LogP contribution in [0, 0.1) is 0 Å². The molecule has 0 bridgehead atoms. The number of hydrogen-bond donors (Lipinski definition) is 1. The molecule has 0 saturated carbocycles. The molecule has 2 heterocycles. The maximum atomic E-state index is 4.40. The van der Waals surface area contributed by atoms with Crippen LogP contribution in [0.2, 0.25) is 0 Å². The van der Waals surface area contributed by atoms with Crippen LogP contribution in [0.1, 0.15) is 11.3 Å². The van der Waals surface area contributed by atoms with Gasteiger partial charge in [0.15, 0.2) is 0 Å². The summed E-state index contributed by atoms with van der Waals surface area (Å²) in [6, 6.07) is 6.59. The smallest absolute Gasteiger partial charge is 0.0947 e. The number of aromatic nitrogens is 2. The van der Waals surface area contributed by atoms with E-state index in [1.165, 1.54) is 16.9 Å². The van der Waals surface area contributed by atoms with Gasteiger partial charge >= 0.3 is 0 Å². The van der Waals surface area contributed by atoms with Crippen molar-refractivity contribution in [1.29, 1.82) is 0 Å². The van der Waals surface area contributed by atoms with Gasteiger partial charge in [0.05, 0.1) is 18.6 Å². The standard InChI is InChI=1S/C14H18N4/c1-15-12-4-3-11-5-6-18(14(11)7-12)9-13-8-17(2)10-16-13/h3-4,7-8,10,15H,5-6,9H2,1-2H3. The molecule has 1 aromatic heterocycles. The van der Waals surface area contributed by atoms with Gasteiger partial charge in [0.1, 0.15) is 0 Å². The third kappa shape index (κ3) is 1.94. The van der Waals surface area contributed by atoms with Gasteiger partial charge in [-0.25, -0.2) is 4.98 Å². The van der Waals surface area contributed by atoms with E-state index in [0.717, 1.165) is 25.2 Å². The monoisotopic (exact) mass is 242 g/mol. The van der Waals surface area contributed by atoms with Gasteiger partial charge in [-0.3, -0.25) is 0 Å². The van der Waals surface area contributed by atoms with E-state index in [-0.39, 0.29) is 0 Å². The highest BCUT2D eigenvalue weighted by molar-refractivity contribution is 5.65. The van der Waals surface area contributed by atoms with Crippen LogP contribution in [-0.4, -0.2) is 23.1 Å². The van der Waals surface area contributed by atoms with Gasteiger partial charge in [0.2, 0.25) is 0 Å². The lowest BCUT2D eigenvalue weighted by molar-refractivity contribution is 0.818. The zero-order valence-electron chi connectivity index (χ0n) is 10.8. The minimum Gasteiger partial charge on any atom is -0.388 e. The van der Waals surface area contributed by atoms with E-state index in [4.69, 9.17) is 0 Å². The van der Waals surface area contributed by atoms with E-state index in [1.807, 2.05) is 25.0 Å². The molecule has 4 nitrogen and oxygen atoms in total. The fourth-order valence-corrected chi connectivity index (χ4v) is 2.51. The molecule has 0 saturated heterocycles. The molecular weight excluding hydrogens is 224 g/mol. The summed E-state index contributed by atoms with van der Waals surface area (Å²) in [5, 5.41) is 3.20. The van der Waals surface area contributed by atoms with Crippen molar-refractivity contribution in [3.8, 4) is 0 Å². The molecule has 1 aliphatic heterocycles. The number of nitrogens with one attached hydrogen (secondary N) is 1. The van der Waals surface area contributed by atoms with Crippen molar-refractivity contribution in [2.45, 2.75) is 13.0 Å². The van der Waals surface area contributed by atoms with Gasteiger partial charge in [0.25, 0.3) is 0 Å². The van der Waals surface area contributed by atoms with Crippen LogP contribution in [0.3, 0.4) is 0 Å². The van der Waals surface area contributed by atoms with E-state index in [9.17, 15) is 0 Å². The minimum absolute atomic E-state index is 0.890. The van der Waals surface area contributed by atoms with Gasteiger partial charge in [-0.15, -0.1) is 0 Å². The van der Waals surface area contributed by atoms with Crippen LogP contribution < -0.4 is 10.2 Å². The highest BCUT2D eigenvalue weighted by atomic mass is 15.2. The summed E-state index contributed by atoms with van der Waals surface area (Å²) in [5.41, 5.74) is 5.07. The van der Waals surface area contributed by atoms with Crippen LogP contribution in [0.4, 0.5) is 11.4 Å². The van der Waals surface area contributed by atoms with Gasteiger partial charge in [-0.1, -0.05) is 6.07 Å². The summed E-state index contributed by atoms with van der Waals surface area (Å²) in [5.74, 6) is 0. The predicted octanol–water partition coefficient (Wildman–Crippen LogP) is 2.02. The molecule has 94 valence electrons. The number of aryl methyl sites for hydroxylation is 1. The van der Waals surface area contributed by atoms with Gasteiger partial charge < -0.3 is 14.8 Å². The molecule has 1 aliphatic rings. The van der Waals surface area contributed by atoms with Gasteiger partial charge in [-0.2, -0.15) is 0 Å². The molecule has 0 fully saturated rings. The summed E-state index contributed by atoms with van der Waals surface area (Å²) >= 11 is 0. The largest absolute Gasteiger partial charge is 0.388 e. The average molecular weight is 242 g/mol. The molecule has 0 unspecified atom stereocenters. The number of nitrogens with zero attached hydrogens (tertiary/aromatic N) is 3. The van der Waals surface area contributed by atoms with Crippen molar-refractivity contribution >= 4 is 11.4 Å². The Labute approximate surface area is 107 Å². The molecule has 0 atom stereocenters. The molecule has 1 N–H and O–H groups in total. The van der Waals surface area contributed by atoms with E-state index >= 15 is 0 Å². The van der Waals surface area contributed by atoms with Crippen molar-refractivity contribution in [2.75, 3.05) is 23.8 Å². The van der Waals surface area contributed by atoms with E-state index in [2.05, 4.69) is 39.6 Å². The van der Waals surface area contributed by atoms with Crippen LogP contribution in [0.5, 0.6) is 0 Å². The minimum atomic E-state index is 0.890. The van der Waals surface area contributed by atoms with Crippen LogP contribution in [0.25, 0.3) is 0 Å². The zero-order valence-corrected chi connectivity index (χ0v) is 10.8. The number of anilines is 2. The Hall–Kier alpha value is -1.97. The fraction of sp³-hybridized carbons (Fsp3) is 0.357. The van der Waals surface area contributed by atoms with Gasteiger partial charge in [0, 0.05) is 38.2 Å². The quantitative estimate of drug-likeness (QED) is 0.894. The first kappa shape index (κ1) is 11.1. The molecule has 0 spiro atoms. The number of fused-ring (bicyclic) bond motifs is 1. The Kier molecular flexibility index (Phi) is 2.70. The third-order valence-electron chi connectivity index (χ3n) is 3.48. The van der Waals surface area contributed by atoms with Crippen LogP contribution in [-0.2, 0) is 20.0 Å². The lowest BCUT2D eigenvalue weighted by Crippen LogP contribution is -2.19. The molecule has 0 radical (unpaired) electrons. The molecule has 1 aromatic carbocycles. The maximum absolute atomic E-state index is 4.40. The van der Waals surface area contributed by atoms with Crippen molar-refractivity contribution in [2.24, 2.45) is 7.05 Å². The topological polar surface area (TPSA) is 33.1 Å². The number of hydrogen-bond acceptors (Lipinski definition) is 3. The number of imidazole rings is 1. The van der Waals surface area contributed by atoms with Crippen molar-refractivity contribution in [3.05, 3.63) is 42.0 Å². The Morgan fingerprint density at radius 2 is 2.28 bits per heavy atom. The molecular formula is C14H18N4. The van der Waals surface area contributed by atoms with E-state index in [1.54, 1.807) is 0 Å². The number of benzene rings is 1. The molecule has 0 amide bonds. The SMILES string of the molecule is CNc1ccc2c(c1)N(Cc1cn(C)cn1)CC2. The molecule has 4 heteroatoms. The lowest BCUT2D eigenvalue weighted by atomic mass is 10.1. The summed E-state index contributed by atoms with van der Waals surface area (Å²) in [6.07, 6.45) is 5.07. The highest BCUT2D eigenvalue weighted by Crippen LogP contribution is 2.31. The van der Waals surface area contributed by atoms with E-state index < -0.39 is 0 Å². The Morgan fingerprint density at radius 1 is 1.39 bits per heavy atom. The first-order chi connectivity index (χ1) is 8.76. The van der Waals surface area contributed by atoms with Crippen LogP contribution in [0.15, 0.2) is 30.7 Å². The Balaban J connectivity index is 1.85. The first-order valence-electron chi connectivity index (χ1n) is 6.29. The lowest BCUT2D eigenvalue weighted by Gasteiger charge is -2.18. The second-order valence-corrected chi connectivity index (χ2v) is 4.80. The summed E-state index contributed by atoms with van der Waals surface area (Å²) in [4.78, 5) is 6.80. The van der Waals surface area contributed by atoms with Crippen molar-refractivity contribution in [1.82, 2.24) is 9.55 Å². The molecule has 2 aromatic rings. The number of rotatable bonds is 3. The second kappa shape index (κ2) is 4.37. The third-order valence-corrected chi connectivity index (χ3v) is 3.48. The average Bonchev–Trinajstić information content (AvgIpc) is 2.96. The summed E-state index contributed by atoms with van der Waals surface area (Å²) in [6.45, 7) is 1.97. The summed E-state index contributed by atoms with van der Waals surface area (Å²) < 4.78 is 2.00. The van der Waals surface area contributed by atoms with Crippen molar-refractivity contribution < 1.29 is 0 Å². The molecule has 3 rings (SSSR count). The van der Waals surface area contributed by atoms with Crippen LogP contribution >= 0.6 is 0 Å². The second-order valence-electron chi connectivity index (χ2n) is 4.80. The Bertz CT molecular complexity index is 559. The molecule has 0 aliphatic carbocycles. The maximum Gasteiger partial charge on any atom is 0.0947 e. The van der Waals surface area contributed by atoms with E-state index in [0.29, 0.717) is 0 Å². The predicted molar refractivity (Wildman–Crippen MR) is 74.0 cm³/mol. The summed E-state index contributed by atoms with van der Waals surface area (Å²) in [7, 11) is 3.97. The zero-order chi connectivity index (χ0) is 12.5. The van der Waals surface area contributed by atoms with Gasteiger partial charge in [-0.05, 0) is 24.1 Å².